The molecule has 8 heteroatoms. The van der Waals surface area contributed by atoms with Gasteiger partial charge in [0.05, 0.1) is 29.5 Å². The first-order chi connectivity index (χ1) is 15.5. The summed E-state index contributed by atoms with van der Waals surface area (Å²) in [4.78, 5) is 31.5. The van der Waals surface area contributed by atoms with Crippen LogP contribution in [-0.2, 0) is 9.53 Å². The lowest BCUT2D eigenvalue weighted by atomic mass is 9.95. The van der Waals surface area contributed by atoms with E-state index in [0.29, 0.717) is 31.9 Å². The van der Waals surface area contributed by atoms with Crippen LogP contribution in [0, 0.1) is 0 Å². The van der Waals surface area contributed by atoms with E-state index in [2.05, 4.69) is 4.99 Å². The fraction of sp³-hybridized carbons (Fsp3) is 0.208. The number of methoxy groups -OCH3 is 1. The Kier molecular flexibility index (Phi) is 5.96. The van der Waals surface area contributed by atoms with E-state index in [1.807, 2.05) is 18.2 Å². The molecule has 0 aliphatic carbocycles. The lowest BCUT2D eigenvalue weighted by molar-refractivity contribution is -0.139. The topological polar surface area (TPSA) is 90.1 Å². The summed E-state index contributed by atoms with van der Waals surface area (Å²) in [5.74, 6) is 0.0897. The van der Waals surface area contributed by atoms with E-state index in [4.69, 9.17) is 9.47 Å². The molecule has 0 amide bonds. The average molecular weight is 451 g/mol. The van der Waals surface area contributed by atoms with Crippen LogP contribution in [0.4, 0.5) is 0 Å². The molecule has 0 spiro atoms. The van der Waals surface area contributed by atoms with Crippen LogP contribution in [0.5, 0.6) is 11.5 Å². The van der Waals surface area contributed by atoms with Crippen molar-refractivity contribution < 1.29 is 19.4 Å². The van der Waals surface area contributed by atoms with Gasteiger partial charge in [-0.25, -0.2) is 9.79 Å². The van der Waals surface area contributed by atoms with E-state index in [-0.39, 0.29) is 23.5 Å². The van der Waals surface area contributed by atoms with Crippen LogP contribution in [0.1, 0.15) is 31.0 Å². The van der Waals surface area contributed by atoms with Gasteiger partial charge >= 0.3 is 5.97 Å². The fourth-order valence-corrected chi connectivity index (χ4v) is 4.77. The number of esters is 1. The number of fused-ring (bicyclic) bond motifs is 1. The highest BCUT2D eigenvalue weighted by molar-refractivity contribution is 7.07. The maximum atomic E-state index is 13.5. The Balaban J connectivity index is 2.01. The van der Waals surface area contributed by atoms with Crippen LogP contribution in [0.2, 0.25) is 0 Å². The highest BCUT2D eigenvalue weighted by Gasteiger charge is 2.34. The molecular weight excluding hydrogens is 428 g/mol. The number of ether oxygens (including phenoxy) is 2. The number of aromatic hydroxyl groups is 1. The second-order valence-corrected chi connectivity index (χ2v) is 8.11. The Morgan fingerprint density at radius 3 is 2.66 bits per heavy atom. The second-order valence-electron chi connectivity index (χ2n) is 7.10. The molecule has 1 aliphatic rings. The van der Waals surface area contributed by atoms with Crippen molar-refractivity contribution in [2.24, 2.45) is 4.99 Å². The number of hydrogen-bond acceptors (Lipinski definition) is 7. The highest BCUT2D eigenvalue weighted by atomic mass is 32.1. The number of phenolic OH excluding ortho intramolecular Hbond substituents is 1. The number of phenols is 1. The number of benzene rings is 2. The van der Waals surface area contributed by atoms with Crippen molar-refractivity contribution in [3.05, 3.63) is 90.6 Å². The van der Waals surface area contributed by atoms with Crippen molar-refractivity contribution >= 4 is 23.4 Å². The molecule has 0 fully saturated rings. The molecule has 2 aromatic carbocycles. The zero-order chi connectivity index (χ0) is 22.8. The SMILES string of the molecule is CCOC(=O)C1=C(C)N=c2s/c(=C/c3ccccc3O)c(=O)n2[C@@H]1c1ccccc1OC. The molecule has 32 heavy (non-hydrogen) atoms. The number of allylic oxidation sites excluding steroid dienone is 1. The van der Waals surface area contributed by atoms with Gasteiger partial charge in [-0.15, -0.1) is 0 Å². The average Bonchev–Trinajstić information content (AvgIpc) is 3.09. The Hall–Kier alpha value is -3.65. The van der Waals surface area contributed by atoms with Gasteiger partial charge < -0.3 is 14.6 Å². The van der Waals surface area contributed by atoms with Crippen LogP contribution in [0.15, 0.2) is 69.6 Å². The molecule has 4 rings (SSSR count). The minimum absolute atomic E-state index is 0.0722. The quantitative estimate of drug-likeness (QED) is 0.604. The summed E-state index contributed by atoms with van der Waals surface area (Å²) in [6.45, 7) is 3.66. The van der Waals surface area contributed by atoms with Crippen LogP contribution >= 0.6 is 11.3 Å². The van der Waals surface area contributed by atoms with E-state index >= 15 is 0 Å². The number of aromatic nitrogens is 1. The number of hydrogen-bond donors (Lipinski definition) is 1. The molecule has 0 unspecified atom stereocenters. The summed E-state index contributed by atoms with van der Waals surface area (Å²) < 4.78 is 12.7. The zero-order valence-corrected chi connectivity index (χ0v) is 18.7. The van der Waals surface area contributed by atoms with Crippen molar-refractivity contribution in [3.63, 3.8) is 0 Å². The smallest absolute Gasteiger partial charge is 0.338 e. The molecule has 7 nitrogen and oxygen atoms in total. The van der Waals surface area contributed by atoms with Gasteiger partial charge in [-0.1, -0.05) is 47.7 Å². The zero-order valence-electron chi connectivity index (χ0n) is 17.9. The molecule has 0 radical (unpaired) electrons. The van der Waals surface area contributed by atoms with Crippen LogP contribution in [0.3, 0.4) is 0 Å². The lowest BCUT2D eigenvalue weighted by Gasteiger charge is -2.25. The third-order valence-electron chi connectivity index (χ3n) is 5.17. The molecule has 1 aliphatic heterocycles. The van der Waals surface area contributed by atoms with Gasteiger partial charge in [-0.05, 0) is 32.1 Å². The van der Waals surface area contributed by atoms with Crippen LogP contribution in [0.25, 0.3) is 6.08 Å². The molecule has 1 atom stereocenters. The van der Waals surface area contributed by atoms with Gasteiger partial charge in [0.2, 0.25) is 0 Å². The van der Waals surface area contributed by atoms with Crippen molar-refractivity contribution in [1.82, 2.24) is 4.57 Å². The summed E-state index contributed by atoms with van der Waals surface area (Å²) in [6, 6.07) is 13.3. The van der Waals surface area contributed by atoms with Gasteiger partial charge in [0, 0.05) is 11.1 Å². The maximum Gasteiger partial charge on any atom is 0.338 e. The fourth-order valence-electron chi connectivity index (χ4n) is 3.73. The predicted molar refractivity (Wildman–Crippen MR) is 121 cm³/mol. The van der Waals surface area contributed by atoms with Crippen molar-refractivity contribution in [3.8, 4) is 11.5 Å². The van der Waals surface area contributed by atoms with E-state index in [1.165, 1.54) is 15.9 Å². The number of para-hydroxylation sites is 2. The first kappa shape index (κ1) is 21.6. The number of nitrogens with zero attached hydrogens (tertiary/aromatic N) is 2. The molecular formula is C24H22N2O5S. The van der Waals surface area contributed by atoms with Gasteiger partial charge in [-0.2, -0.15) is 0 Å². The molecule has 0 bridgehead atoms. The van der Waals surface area contributed by atoms with Gasteiger partial charge in [0.1, 0.15) is 17.5 Å². The molecule has 2 heterocycles. The van der Waals surface area contributed by atoms with E-state index in [0.717, 1.165) is 0 Å². The Bertz CT molecular complexity index is 1400. The van der Waals surface area contributed by atoms with Crippen molar-refractivity contribution in [2.75, 3.05) is 13.7 Å². The summed E-state index contributed by atoms with van der Waals surface area (Å²) in [5.41, 5.74) is 1.63. The lowest BCUT2D eigenvalue weighted by Crippen LogP contribution is -2.40. The maximum absolute atomic E-state index is 13.5. The summed E-state index contributed by atoms with van der Waals surface area (Å²) >= 11 is 1.20. The van der Waals surface area contributed by atoms with Crippen LogP contribution < -0.4 is 19.6 Å². The number of carbonyl (C=O) groups excluding carboxylic acids is 1. The molecule has 1 aromatic heterocycles. The van der Waals surface area contributed by atoms with E-state index < -0.39 is 12.0 Å². The minimum Gasteiger partial charge on any atom is -0.507 e. The van der Waals surface area contributed by atoms with Crippen molar-refractivity contribution in [1.29, 1.82) is 0 Å². The highest BCUT2D eigenvalue weighted by Crippen LogP contribution is 2.35. The predicted octanol–water partition coefficient (Wildman–Crippen LogP) is 2.51. The Morgan fingerprint density at radius 1 is 1.22 bits per heavy atom. The standard InChI is InChI=1S/C24H22N2O5S/c1-4-31-23(29)20-14(2)25-24-26(21(20)16-10-6-8-12-18(16)30-3)22(28)19(32-24)13-15-9-5-7-11-17(15)27/h5-13,21,27H,4H2,1-3H3/b19-13+/t21-/m1/s1. The molecule has 3 aromatic rings. The number of carbonyl (C=O) groups is 1. The first-order valence-electron chi connectivity index (χ1n) is 10.1. The molecule has 164 valence electrons. The summed E-state index contributed by atoms with van der Waals surface area (Å²) in [6.07, 6.45) is 1.63. The first-order valence-corrected chi connectivity index (χ1v) is 10.9. The van der Waals surface area contributed by atoms with E-state index in [1.54, 1.807) is 57.4 Å². The van der Waals surface area contributed by atoms with Gasteiger partial charge in [-0.3, -0.25) is 9.36 Å². The molecule has 0 saturated carbocycles. The number of thiazole rings is 1. The Labute approximate surface area is 188 Å². The monoisotopic (exact) mass is 450 g/mol. The number of rotatable bonds is 5. The largest absolute Gasteiger partial charge is 0.507 e. The van der Waals surface area contributed by atoms with Gasteiger partial charge in [0.15, 0.2) is 4.80 Å². The summed E-state index contributed by atoms with van der Waals surface area (Å²) in [5, 5.41) is 10.1. The van der Waals surface area contributed by atoms with Crippen LogP contribution in [-0.4, -0.2) is 29.4 Å². The second kappa shape index (κ2) is 8.84. The normalized spacial score (nSPS) is 15.8. The van der Waals surface area contributed by atoms with Gasteiger partial charge in [0.25, 0.3) is 5.56 Å². The molecule has 1 N–H and O–H groups in total. The minimum atomic E-state index is -0.757. The summed E-state index contributed by atoms with van der Waals surface area (Å²) in [7, 11) is 1.54. The third-order valence-corrected chi connectivity index (χ3v) is 6.16. The van der Waals surface area contributed by atoms with E-state index in [9.17, 15) is 14.7 Å². The Morgan fingerprint density at radius 2 is 1.94 bits per heavy atom. The third kappa shape index (κ3) is 3.73. The van der Waals surface area contributed by atoms with Crippen molar-refractivity contribution in [2.45, 2.75) is 19.9 Å². The molecule has 0 saturated heterocycles.